The Morgan fingerprint density at radius 1 is 1.09 bits per heavy atom. The van der Waals surface area contributed by atoms with Gasteiger partial charge in [0, 0.05) is 24.8 Å². The van der Waals surface area contributed by atoms with Crippen LogP contribution in [-0.2, 0) is 16.5 Å². The Kier molecular flexibility index (Phi) is 19.9. The second-order valence-electron chi connectivity index (χ2n) is 1.73. The Balaban J connectivity index is 0. The van der Waals surface area contributed by atoms with Gasteiger partial charge in [-0.05, 0) is 7.05 Å². The summed E-state index contributed by atoms with van der Waals surface area (Å²) in [6.07, 6.45) is 0. The van der Waals surface area contributed by atoms with E-state index in [0.29, 0.717) is 11.8 Å². The third-order valence-electron chi connectivity index (χ3n) is 0.932. The van der Waals surface area contributed by atoms with Crippen molar-refractivity contribution in [3.63, 3.8) is 0 Å². The van der Waals surface area contributed by atoms with Gasteiger partial charge < -0.3 is 4.90 Å². The van der Waals surface area contributed by atoms with E-state index in [4.69, 9.17) is 42.0 Å². The normalized spacial score (nSPS) is 9.64. The molecule has 0 saturated heterocycles. The predicted octanol–water partition coefficient (Wildman–Crippen LogP) is 2.77. The number of rotatable bonds is 4. The van der Waals surface area contributed by atoms with Crippen molar-refractivity contribution in [1.82, 2.24) is 4.90 Å². The van der Waals surface area contributed by atoms with E-state index in [2.05, 4.69) is 4.90 Å². The van der Waals surface area contributed by atoms with E-state index in [1.807, 2.05) is 7.05 Å². The Hall–Kier alpha value is 1.81. The maximum absolute atomic E-state index is 5.45. The average molecular weight is 422 g/mol. The van der Waals surface area contributed by atoms with Crippen molar-refractivity contribution in [2.24, 2.45) is 0 Å². The zero-order valence-corrected chi connectivity index (χ0v) is 11.4. The molecule has 0 saturated carbocycles. The first kappa shape index (κ1) is 15.3. The van der Waals surface area contributed by atoms with Crippen LogP contribution in [0.3, 0.4) is 0 Å². The fourth-order valence-electron chi connectivity index (χ4n) is 0.400. The quantitative estimate of drug-likeness (QED) is 0.631. The van der Waals surface area contributed by atoms with Gasteiger partial charge in [0.1, 0.15) is 0 Å². The molecule has 11 heavy (non-hydrogen) atoms. The fraction of sp³-hybridized carbons (Fsp3) is 1.00. The van der Waals surface area contributed by atoms with Crippen molar-refractivity contribution in [1.29, 1.82) is 0 Å². The zero-order valence-electron chi connectivity index (χ0n) is 6.10. The Morgan fingerprint density at radius 3 is 1.55 bits per heavy atom. The molecule has 0 aliphatic rings. The molecule has 0 spiro atoms. The Bertz CT molecular complexity index is 60.4. The first-order valence-corrected chi connectivity index (χ1v) is 9.55. The number of alkyl halides is 2. The first-order valence-electron chi connectivity index (χ1n) is 2.85. The van der Waals surface area contributed by atoms with Gasteiger partial charge in [-0.25, -0.2) is 0 Å². The zero-order chi connectivity index (χ0) is 9.11. The van der Waals surface area contributed by atoms with Crippen molar-refractivity contribution in [2.45, 2.75) is 0 Å². The molecule has 0 heterocycles. The number of hydrogen-bond acceptors (Lipinski definition) is 1. The van der Waals surface area contributed by atoms with Gasteiger partial charge in [0.05, 0.1) is 0 Å². The molecule has 0 bridgehead atoms. The van der Waals surface area contributed by atoms with Gasteiger partial charge in [0.15, 0.2) is 0 Å². The summed E-state index contributed by atoms with van der Waals surface area (Å²) < 4.78 is 0. The van der Waals surface area contributed by atoms with Gasteiger partial charge >= 0.3 is 35.3 Å². The first-order chi connectivity index (χ1) is 5.22. The molecule has 0 aliphatic heterocycles. The summed E-state index contributed by atoms with van der Waals surface area (Å²) in [5.74, 6) is 1.38. The van der Waals surface area contributed by atoms with Gasteiger partial charge in [-0.2, -0.15) is 0 Å². The molecule has 0 N–H and O–H groups in total. The second-order valence-corrected chi connectivity index (χ2v) is 5.77. The predicted molar refractivity (Wildman–Crippen MR) is 50.6 cm³/mol. The molecule has 0 atom stereocenters. The van der Waals surface area contributed by atoms with Crippen molar-refractivity contribution < 1.29 is 16.5 Å². The second kappa shape index (κ2) is 14.3. The molecule has 0 amide bonds. The van der Waals surface area contributed by atoms with Crippen LogP contribution in [-0.4, -0.2) is 36.8 Å². The summed E-state index contributed by atoms with van der Waals surface area (Å²) in [4.78, 5) is 2.10. The number of hydrogen-bond donors (Lipinski definition) is 0. The van der Waals surface area contributed by atoms with Crippen LogP contribution in [0.15, 0.2) is 0 Å². The van der Waals surface area contributed by atoms with Crippen LogP contribution in [0.2, 0.25) is 0 Å². The van der Waals surface area contributed by atoms with Crippen molar-refractivity contribution in [3.8, 4) is 0 Å². The van der Waals surface area contributed by atoms with Gasteiger partial charge in [-0.1, -0.05) is 0 Å². The van der Waals surface area contributed by atoms with E-state index < -0.39 is 16.5 Å². The third kappa shape index (κ3) is 18.6. The number of nitrogens with zero attached hydrogens (tertiary/aromatic N) is 1. The van der Waals surface area contributed by atoms with E-state index in [0.717, 1.165) is 13.1 Å². The van der Waals surface area contributed by atoms with Crippen LogP contribution in [0.4, 0.5) is 0 Å². The van der Waals surface area contributed by atoms with E-state index in [9.17, 15) is 0 Å². The SMILES string of the molecule is CN(CCCl)CCCl.[Cl][Pt][Cl]. The minimum absolute atomic E-state index is 0.472. The Morgan fingerprint density at radius 2 is 1.36 bits per heavy atom. The summed E-state index contributed by atoms with van der Waals surface area (Å²) in [6, 6.07) is 0. The maximum atomic E-state index is 5.45. The summed E-state index contributed by atoms with van der Waals surface area (Å²) >= 11 is 10.4. The Labute approximate surface area is 94.7 Å². The van der Waals surface area contributed by atoms with Gasteiger partial charge in [0.25, 0.3) is 0 Å². The molecule has 0 rings (SSSR count). The molecule has 0 aromatic carbocycles. The van der Waals surface area contributed by atoms with E-state index in [-0.39, 0.29) is 0 Å². The molecule has 74 valence electrons. The average Bonchev–Trinajstić information content (AvgIpc) is 1.90. The van der Waals surface area contributed by atoms with Crippen LogP contribution in [0.25, 0.3) is 0 Å². The molecule has 0 unspecified atom stereocenters. The standard InChI is InChI=1S/C5H11Cl2N.2ClH.Pt/c1-8(4-2-6)5-3-7;;;/h2-5H2,1H3;2*1H;/q;;;+2/p-2. The van der Waals surface area contributed by atoms with Crippen molar-refractivity contribution in [2.75, 3.05) is 31.9 Å². The molecule has 0 aromatic heterocycles. The third-order valence-corrected chi connectivity index (χ3v) is 1.27. The van der Waals surface area contributed by atoms with Crippen molar-refractivity contribution >= 4 is 42.0 Å². The topological polar surface area (TPSA) is 3.24 Å². The molecular formula is C5H11Cl4NPt. The molecule has 0 aromatic rings. The minimum atomic E-state index is -0.472. The van der Waals surface area contributed by atoms with Crippen LogP contribution < -0.4 is 0 Å². The van der Waals surface area contributed by atoms with Crippen LogP contribution >= 0.6 is 42.0 Å². The summed E-state index contributed by atoms with van der Waals surface area (Å²) in [7, 11) is 11.8. The molecular weight excluding hydrogens is 411 g/mol. The van der Waals surface area contributed by atoms with Crippen molar-refractivity contribution in [3.05, 3.63) is 0 Å². The monoisotopic (exact) mass is 420 g/mol. The fourth-order valence-corrected chi connectivity index (χ4v) is 0.977. The molecule has 0 aliphatic carbocycles. The van der Waals surface area contributed by atoms with Gasteiger partial charge in [0.2, 0.25) is 0 Å². The summed E-state index contributed by atoms with van der Waals surface area (Å²) in [5.41, 5.74) is 0. The number of halogens is 4. The van der Waals surface area contributed by atoms with E-state index in [1.165, 1.54) is 0 Å². The summed E-state index contributed by atoms with van der Waals surface area (Å²) in [6.45, 7) is 1.85. The molecule has 0 radical (unpaired) electrons. The van der Waals surface area contributed by atoms with Gasteiger partial charge in [-0.3, -0.25) is 0 Å². The van der Waals surface area contributed by atoms with Gasteiger partial charge in [-0.15, -0.1) is 23.2 Å². The molecule has 0 fully saturated rings. The summed E-state index contributed by atoms with van der Waals surface area (Å²) in [5, 5.41) is 0. The van der Waals surface area contributed by atoms with Crippen LogP contribution in [0.5, 0.6) is 0 Å². The van der Waals surface area contributed by atoms with Crippen LogP contribution in [0.1, 0.15) is 0 Å². The van der Waals surface area contributed by atoms with Crippen LogP contribution in [0, 0.1) is 0 Å². The molecule has 1 nitrogen and oxygen atoms in total. The van der Waals surface area contributed by atoms with E-state index >= 15 is 0 Å². The van der Waals surface area contributed by atoms with E-state index in [1.54, 1.807) is 0 Å². The molecule has 6 heteroatoms.